The lowest BCUT2D eigenvalue weighted by atomic mass is 10.1. The summed E-state index contributed by atoms with van der Waals surface area (Å²) < 4.78 is 5.87. The fourth-order valence-corrected chi connectivity index (χ4v) is 2.99. The number of ether oxygens (including phenoxy) is 1. The number of nitrogens with zero attached hydrogens (tertiary/aromatic N) is 2. The third-order valence-electron chi connectivity index (χ3n) is 4.27. The fourth-order valence-electron chi connectivity index (χ4n) is 2.99. The lowest BCUT2D eigenvalue weighted by Gasteiger charge is -2.40. The van der Waals surface area contributed by atoms with Gasteiger partial charge in [-0.25, -0.2) is 0 Å². The van der Waals surface area contributed by atoms with Crippen LogP contribution in [0.25, 0.3) is 0 Å². The monoisotopic (exact) mass is 289 g/mol. The molecule has 1 N–H and O–H groups in total. The summed E-state index contributed by atoms with van der Waals surface area (Å²) >= 11 is 0. The Kier molecular flexibility index (Phi) is 4.53. The van der Waals surface area contributed by atoms with Crippen molar-refractivity contribution in [3.8, 4) is 0 Å². The first kappa shape index (κ1) is 14.5. The van der Waals surface area contributed by atoms with Crippen LogP contribution in [0, 0.1) is 6.92 Å². The van der Waals surface area contributed by atoms with Crippen LogP contribution in [-0.4, -0.2) is 67.8 Å². The molecule has 0 aromatic heterocycles. The number of nitrogens with one attached hydrogen (secondary N) is 1. The van der Waals surface area contributed by atoms with Gasteiger partial charge in [-0.15, -0.1) is 0 Å². The number of hydrogen-bond acceptors (Lipinski definition) is 4. The molecule has 2 aliphatic heterocycles. The van der Waals surface area contributed by atoms with E-state index in [0.29, 0.717) is 19.7 Å². The number of rotatable bonds is 2. The minimum Gasteiger partial charge on any atom is -0.359 e. The molecule has 1 aromatic rings. The van der Waals surface area contributed by atoms with Crippen molar-refractivity contribution < 1.29 is 9.53 Å². The summed E-state index contributed by atoms with van der Waals surface area (Å²) in [6.45, 7) is 7.89. The van der Waals surface area contributed by atoms with Crippen LogP contribution in [0.2, 0.25) is 0 Å². The molecule has 2 saturated heterocycles. The summed E-state index contributed by atoms with van der Waals surface area (Å²) in [5.41, 5.74) is 1.84. The van der Waals surface area contributed by atoms with Crippen LogP contribution in [0.5, 0.6) is 0 Å². The highest BCUT2D eigenvalue weighted by Gasteiger charge is 2.30. The second kappa shape index (κ2) is 6.56. The molecule has 2 aliphatic rings. The van der Waals surface area contributed by atoms with E-state index in [4.69, 9.17) is 4.74 Å². The Morgan fingerprint density at radius 3 is 2.76 bits per heavy atom. The van der Waals surface area contributed by atoms with Gasteiger partial charge < -0.3 is 15.0 Å². The van der Waals surface area contributed by atoms with E-state index >= 15 is 0 Å². The zero-order valence-corrected chi connectivity index (χ0v) is 12.5. The van der Waals surface area contributed by atoms with Gasteiger partial charge in [-0.1, -0.05) is 18.2 Å². The highest BCUT2D eigenvalue weighted by Crippen LogP contribution is 2.16. The van der Waals surface area contributed by atoms with E-state index in [1.807, 2.05) is 36.1 Å². The van der Waals surface area contributed by atoms with E-state index < -0.39 is 0 Å². The molecule has 114 valence electrons. The number of morpholine rings is 1. The zero-order chi connectivity index (χ0) is 14.7. The molecule has 21 heavy (non-hydrogen) atoms. The Morgan fingerprint density at radius 2 is 2.00 bits per heavy atom. The van der Waals surface area contributed by atoms with Gasteiger partial charge >= 0.3 is 0 Å². The number of amides is 1. The summed E-state index contributed by atoms with van der Waals surface area (Å²) in [6.07, 6.45) is 0.0359. The van der Waals surface area contributed by atoms with E-state index in [2.05, 4.69) is 10.2 Å². The van der Waals surface area contributed by atoms with Gasteiger partial charge in [-0.2, -0.15) is 0 Å². The number of hydrogen-bond donors (Lipinski definition) is 1. The fraction of sp³-hybridized carbons (Fsp3) is 0.562. The topological polar surface area (TPSA) is 44.8 Å². The van der Waals surface area contributed by atoms with Crippen molar-refractivity contribution in [2.24, 2.45) is 0 Å². The van der Waals surface area contributed by atoms with Crippen LogP contribution in [-0.2, 0) is 4.74 Å². The molecule has 3 rings (SSSR count). The van der Waals surface area contributed by atoms with Crippen LogP contribution in [0.1, 0.15) is 15.9 Å². The second-order valence-electron chi connectivity index (χ2n) is 5.68. The minimum absolute atomic E-state index is 0.0359. The smallest absolute Gasteiger partial charge is 0.254 e. The summed E-state index contributed by atoms with van der Waals surface area (Å²) in [7, 11) is 0. The first-order valence-electron chi connectivity index (χ1n) is 7.67. The third-order valence-corrected chi connectivity index (χ3v) is 4.27. The van der Waals surface area contributed by atoms with Gasteiger partial charge in [-0.05, 0) is 18.6 Å². The number of carbonyl (C=O) groups excluding carboxylic acids is 1. The molecule has 1 amide bonds. The average Bonchev–Trinajstić information content (AvgIpc) is 2.56. The van der Waals surface area contributed by atoms with Crippen molar-refractivity contribution in [1.29, 1.82) is 0 Å². The SMILES string of the molecule is Cc1ccccc1C(=O)N1CCOC(N2CCNCC2)C1. The van der Waals surface area contributed by atoms with Crippen molar-refractivity contribution >= 4 is 5.91 Å². The standard InChI is InChI=1S/C16H23N3O2/c1-13-4-2-3-5-14(13)16(20)19-10-11-21-15(12-19)18-8-6-17-7-9-18/h2-5,15,17H,6-12H2,1H3. The Bertz CT molecular complexity index is 500. The summed E-state index contributed by atoms with van der Waals surface area (Å²) in [5.74, 6) is 0.122. The lowest BCUT2D eigenvalue weighted by Crippen LogP contribution is -2.57. The molecule has 1 unspecified atom stereocenters. The van der Waals surface area contributed by atoms with Crippen LogP contribution in [0.4, 0.5) is 0 Å². The zero-order valence-electron chi connectivity index (χ0n) is 12.5. The predicted molar refractivity (Wildman–Crippen MR) is 81.3 cm³/mol. The first-order chi connectivity index (χ1) is 10.3. The maximum absolute atomic E-state index is 12.7. The van der Waals surface area contributed by atoms with E-state index in [0.717, 1.165) is 37.3 Å². The van der Waals surface area contributed by atoms with E-state index in [1.165, 1.54) is 0 Å². The average molecular weight is 289 g/mol. The Hall–Kier alpha value is -1.43. The maximum atomic E-state index is 12.7. The molecule has 5 heteroatoms. The minimum atomic E-state index is 0.0359. The Morgan fingerprint density at radius 1 is 1.24 bits per heavy atom. The molecule has 1 aromatic carbocycles. The lowest BCUT2D eigenvalue weighted by molar-refractivity contribution is -0.106. The van der Waals surface area contributed by atoms with Crippen molar-refractivity contribution in [2.75, 3.05) is 45.9 Å². The van der Waals surface area contributed by atoms with Gasteiger partial charge in [0.1, 0.15) is 6.23 Å². The quantitative estimate of drug-likeness (QED) is 0.870. The normalized spacial score (nSPS) is 24.0. The molecule has 5 nitrogen and oxygen atoms in total. The molecule has 0 spiro atoms. The maximum Gasteiger partial charge on any atom is 0.254 e. The molecular formula is C16H23N3O2. The first-order valence-corrected chi connectivity index (χ1v) is 7.67. The Balaban J connectivity index is 1.68. The largest absolute Gasteiger partial charge is 0.359 e. The molecule has 0 saturated carbocycles. The highest BCUT2D eigenvalue weighted by atomic mass is 16.5. The predicted octanol–water partition coefficient (Wildman–Crippen LogP) is 0.699. The molecule has 2 heterocycles. The molecule has 2 fully saturated rings. The molecular weight excluding hydrogens is 266 g/mol. The van der Waals surface area contributed by atoms with Crippen LogP contribution in [0.3, 0.4) is 0 Å². The number of aryl methyl sites for hydroxylation is 1. The summed E-state index contributed by atoms with van der Waals surface area (Å²) in [5, 5.41) is 3.34. The molecule has 0 bridgehead atoms. The van der Waals surface area contributed by atoms with E-state index in [9.17, 15) is 4.79 Å². The third kappa shape index (κ3) is 3.26. The number of benzene rings is 1. The van der Waals surface area contributed by atoms with Crippen LogP contribution < -0.4 is 5.32 Å². The van der Waals surface area contributed by atoms with Gasteiger partial charge in [0.05, 0.1) is 13.2 Å². The van der Waals surface area contributed by atoms with Gasteiger partial charge in [-0.3, -0.25) is 9.69 Å². The number of piperazine rings is 1. The van der Waals surface area contributed by atoms with Crippen molar-refractivity contribution in [3.63, 3.8) is 0 Å². The van der Waals surface area contributed by atoms with E-state index in [-0.39, 0.29) is 12.1 Å². The van der Waals surface area contributed by atoms with Crippen molar-refractivity contribution in [3.05, 3.63) is 35.4 Å². The van der Waals surface area contributed by atoms with Crippen molar-refractivity contribution in [1.82, 2.24) is 15.1 Å². The van der Waals surface area contributed by atoms with Gasteiger partial charge in [0.2, 0.25) is 0 Å². The molecule has 0 radical (unpaired) electrons. The van der Waals surface area contributed by atoms with Crippen LogP contribution in [0.15, 0.2) is 24.3 Å². The summed E-state index contributed by atoms with van der Waals surface area (Å²) in [4.78, 5) is 16.9. The Labute approximate surface area is 125 Å². The van der Waals surface area contributed by atoms with Gasteiger partial charge in [0.25, 0.3) is 5.91 Å². The molecule has 0 aliphatic carbocycles. The summed E-state index contributed by atoms with van der Waals surface area (Å²) in [6, 6.07) is 7.79. The highest BCUT2D eigenvalue weighted by molar-refractivity contribution is 5.95. The second-order valence-corrected chi connectivity index (χ2v) is 5.68. The van der Waals surface area contributed by atoms with Crippen molar-refractivity contribution in [2.45, 2.75) is 13.2 Å². The number of carbonyl (C=O) groups is 1. The van der Waals surface area contributed by atoms with E-state index in [1.54, 1.807) is 0 Å². The van der Waals surface area contributed by atoms with Crippen LogP contribution >= 0.6 is 0 Å². The van der Waals surface area contributed by atoms with Gasteiger partial charge in [0, 0.05) is 38.3 Å². The van der Waals surface area contributed by atoms with Gasteiger partial charge in [0.15, 0.2) is 0 Å². The molecule has 1 atom stereocenters.